The highest BCUT2D eigenvalue weighted by Gasteiger charge is 2.12. The predicted octanol–water partition coefficient (Wildman–Crippen LogP) is 2.73. The van der Waals surface area contributed by atoms with E-state index in [4.69, 9.17) is 4.74 Å². The molecule has 0 unspecified atom stereocenters. The van der Waals surface area contributed by atoms with Crippen molar-refractivity contribution in [2.75, 3.05) is 11.9 Å². The van der Waals surface area contributed by atoms with Crippen LogP contribution in [-0.2, 0) is 11.2 Å². The number of hydrogen-bond donors (Lipinski definition) is 0. The Balaban J connectivity index is 2.96. The maximum Gasteiger partial charge on any atom is 0.148 e. The van der Waals surface area contributed by atoms with Gasteiger partial charge in [0.1, 0.15) is 17.3 Å². The summed E-state index contributed by atoms with van der Waals surface area (Å²) >= 11 is 3.05. The third-order valence-corrected chi connectivity index (χ3v) is 2.52. The van der Waals surface area contributed by atoms with Gasteiger partial charge in [0.05, 0.1) is 11.9 Å². The normalized spacial score (nSPS) is 10.1. The molecule has 0 aromatic heterocycles. The summed E-state index contributed by atoms with van der Waals surface area (Å²) in [7, 11) is 0. The molecule has 0 radical (unpaired) electrons. The minimum Gasteiger partial charge on any atom is -0.493 e. The summed E-state index contributed by atoms with van der Waals surface area (Å²) in [6.07, 6.45) is 0.0628. The molecule has 0 aliphatic heterocycles. The van der Waals surface area contributed by atoms with E-state index in [-0.39, 0.29) is 17.5 Å². The van der Waals surface area contributed by atoms with Gasteiger partial charge in [0.2, 0.25) is 0 Å². The molecule has 0 heterocycles. The van der Waals surface area contributed by atoms with Crippen LogP contribution in [0.5, 0.6) is 5.75 Å². The van der Waals surface area contributed by atoms with Gasteiger partial charge in [-0.25, -0.2) is 4.39 Å². The van der Waals surface area contributed by atoms with Gasteiger partial charge in [-0.1, -0.05) is 22.0 Å². The molecule has 1 aromatic rings. The molecule has 0 N–H and O–H groups in total. The molecule has 0 amide bonds. The number of ether oxygens (including phenoxy) is 1. The molecule has 0 aliphatic carbocycles. The van der Waals surface area contributed by atoms with Crippen LogP contribution in [0.25, 0.3) is 0 Å². The van der Waals surface area contributed by atoms with Crippen molar-refractivity contribution in [2.45, 2.75) is 13.3 Å². The lowest BCUT2D eigenvalue weighted by atomic mass is 10.1. The molecule has 0 fully saturated rings. The average molecular weight is 275 g/mol. The number of carbonyl (C=O) groups excluding carboxylic acids is 1. The summed E-state index contributed by atoms with van der Waals surface area (Å²) in [6, 6.07) is 4.57. The molecule has 1 aromatic carbocycles. The fraction of sp³-hybridized carbons (Fsp3) is 0.364. The number of hydrogen-bond acceptors (Lipinski definition) is 2. The monoisotopic (exact) mass is 274 g/mol. The summed E-state index contributed by atoms with van der Waals surface area (Å²) in [5.74, 6) is -0.0110. The van der Waals surface area contributed by atoms with Gasteiger partial charge in [-0.3, -0.25) is 4.79 Å². The molecule has 4 heteroatoms. The lowest BCUT2D eigenvalue weighted by Gasteiger charge is -2.09. The standard InChI is InChI=1S/C11H12BrFO2/c1-2-15-11-5-3-4-10(13)9(11)6-8(14)7-12/h3-5H,2,6-7H2,1H3. The number of halogens is 2. The topological polar surface area (TPSA) is 26.3 Å². The van der Waals surface area contributed by atoms with E-state index in [9.17, 15) is 9.18 Å². The van der Waals surface area contributed by atoms with Gasteiger partial charge < -0.3 is 4.74 Å². The molecule has 0 bridgehead atoms. The van der Waals surface area contributed by atoms with Crippen molar-refractivity contribution in [1.29, 1.82) is 0 Å². The summed E-state index contributed by atoms with van der Waals surface area (Å²) in [5.41, 5.74) is 0.337. The molecule has 1 rings (SSSR count). The molecule has 0 saturated carbocycles. The van der Waals surface area contributed by atoms with E-state index < -0.39 is 5.82 Å². The number of rotatable bonds is 5. The summed E-state index contributed by atoms with van der Waals surface area (Å²) in [6.45, 7) is 2.28. The summed E-state index contributed by atoms with van der Waals surface area (Å²) in [5, 5.41) is 0.229. The van der Waals surface area contributed by atoms with Gasteiger partial charge in [0.25, 0.3) is 0 Å². The SMILES string of the molecule is CCOc1cccc(F)c1CC(=O)CBr. The number of Topliss-reactive ketones (excluding diaryl/α,β-unsaturated/α-hetero) is 1. The van der Waals surface area contributed by atoms with E-state index in [1.165, 1.54) is 6.07 Å². The summed E-state index contributed by atoms with van der Waals surface area (Å²) < 4.78 is 18.7. The first-order chi connectivity index (χ1) is 7.19. The van der Waals surface area contributed by atoms with Crippen LogP contribution in [0.3, 0.4) is 0 Å². The number of alkyl halides is 1. The minimum absolute atomic E-state index is 0.0628. The molecule has 82 valence electrons. The highest BCUT2D eigenvalue weighted by atomic mass is 79.9. The number of carbonyl (C=O) groups is 1. The zero-order valence-corrected chi connectivity index (χ0v) is 10.0. The Labute approximate surface area is 96.6 Å². The van der Waals surface area contributed by atoms with E-state index in [1.54, 1.807) is 12.1 Å². The van der Waals surface area contributed by atoms with E-state index in [2.05, 4.69) is 15.9 Å². The van der Waals surface area contributed by atoms with Crippen LogP contribution < -0.4 is 4.74 Å². The van der Waals surface area contributed by atoms with Gasteiger partial charge in [-0.2, -0.15) is 0 Å². The van der Waals surface area contributed by atoms with Crippen LogP contribution >= 0.6 is 15.9 Å². The zero-order valence-electron chi connectivity index (χ0n) is 8.43. The Morgan fingerprint density at radius 1 is 1.53 bits per heavy atom. The second-order valence-electron chi connectivity index (χ2n) is 3.00. The second kappa shape index (κ2) is 5.85. The van der Waals surface area contributed by atoms with Gasteiger partial charge in [0, 0.05) is 12.0 Å². The van der Waals surface area contributed by atoms with E-state index >= 15 is 0 Å². The Morgan fingerprint density at radius 3 is 2.87 bits per heavy atom. The first-order valence-electron chi connectivity index (χ1n) is 4.66. The van der Waals surface area contributed by atoms with Gasteiger partial charge in [0.15, 0.2) is 0 Å². The lowest BCUT2D eigenvalue weighted by molar-refractivity contribution is -0.115. The number of benzene rings is 1. The van der Waals surface area contributed by atoms with E-state index in [1.807, 2.05) is 6.92 Å². The minimum atomic E-state index is -0.393. The van der Waals surface area contributed by atoms with Gasteiger partial charge in [-0.05, 0) is 19.1 Å². The van der Waals surface area contributed by atoms with Crippen molar-refractivity contribution in [3.8, 4) is 5.75 Å². The maximum atomic E-state index is 13.4. The Hall–Kier alpha value is -0.900. The molecular formula is C11H12BrFO2. The molecular weight excluding hydrogens is 263 g/mol. The van der Waals surface area contributed by atoms with Crippen LogP contribution in [0.4, 0.5) is 4.39 Å². The van der Waals surface area contributed by atoms with Crippen molar-refractivity contribution >= 4 is 21.7 Å². The highest BCUT2D eigenvalue weighted by Crippen LogP contribution is 2.22. The molecule has 0 atom stereocenters. The lowest BCUT2D eigenvalue weighted by Crippen LogP contribution is -2.08. The molecule has 0 spiro atoms. The van der Waals surface area contributed by atoms with Crippen LogP contribution in [0.15, 0.2) is 18.2 Å². The summed E-state index contributed by atoms with van der Waals surface area (Å²) in [4.78, 5) is 11.2. The predicted molar refractivity (Wildman–Crippen MR) is 60.1 cm³/mol. The van der Waals surface area contributed by atoms with Crippen molar-refractivity contribution in [3.05, 3.63) is 29.6 Å². The van der Waals surface area contributed by atoms with Gasteiger partial charge in [-0.15, -0.1) is 0 Å². The van der Waals surface area contributed by atoms with Crippen molar-refractivity contribution in [3.63, 3.8) is 0 Å². The Morgan fingerprint density at radius 2 is 2.27 bits per heavy atom. The molecule has 0 aliphatic rings. The Bertz CT molecular complexity index is 352. The van der Waals surface area contributed by atoms with Crippen LogP contribution in [-0.4, -0.2) is 17.7 Å². The number of ketones is 1. The quantitative estimate of drug-likeness (QED) is 0.772. The average Bonchev–Trinajstić information content (AvgIpc) is 2.23. The second-order valence-corrected chi connectivity index (χ2v) is 3.56. The van der Waals surface area contributed by atoms with Crippen LogP contribution in [0.2, 0.25) is 0 Å². The fourth-order valence-electron chi connectivity index (χ4n) is 1.25. The molecule has 15 heavy (non-hydrogen) atoms. The Kier molecular flexibility index (Phi) is 4.75. The van der Waals surface area contributed by atoms with Crippen molar-refractivity contribution in [1.82, 2.24) is 0 Å². The maximum absolute atomic E-state index is 13.4. The fourth-order valence-corrected chi connectivity index (χ4v) is 1.44. The van der Waals surface area contributed by atoms with Gasteiger partial charge >= 0.3 is 0 Å². The zero-order chi connectivity index (χ0) is 11.3. The van der Waals surface area contributed by atoms with E-state index in [0.29, 0.717) is 17.9 Å². The van der Waals surface area contributed by atoms with E-state index in [0.717, 1.165) is 0 Å². The largest absolute Gasteiger partial charge is 0.493 e. The van der Waals surface area contributed by atoms with Crippen LogP contribution in [0.1, 0.15) is 12.5 Å². The highest BCUT2D eigenvalue weighted by molar-refractivity contribution is 9.09. The van der Waals surface area contributed by atoms with Crippen molar-refractivity contribution in [2.24, 2.45) is 0 Å². The molecule has 0 saturated heterocycles. The first-order valence-corrected chi connectivity index (χ1v) is 5.79. The first kappa shape index (κ1) is 12.2. The third-order valence-electron chi connectivity index (χ3n) is 1.90. The van der Waals surface area contributed by atoms with Crippen molar-refractivity contribution < 1.29 is 13.9 Å². The smallest absolute Gasteiger partial charge is 0.148 e. The van der Waals surface area contributed by atoms with Crippen LogP contribution in [0, 0.1) is 5.82 Å². The molecule has 2 nitrogen and oxygen atoms in total. The third kappa shape index (κ3) is 3.30.